The van der Waals surface area contributed by atoms with Gasteiger partial charge in [0.25, 0.3) is 0 Å². The van der Waals surface area contributed by atoms with Crippen molar-refractivity contribution in [1.82, 2.24) is 0 Å². The molecule has 2 rings (SSSR count). The molecule has 0 aromatic heterocycles. The summed E-state index contributed by atoms with van der Waals surface area (Å²) in [7, 11) is 0. The van der Waals surface area contributed by atoms with E-state index in [1.165, 1.54) is 37.5 Å². The fourth-order valence-electron chi connectivity index (χ4n) is 1.35. The summed E-state index contributed by atoms with van der Waals surface area (Å²) in [5, 5.41) is 8.33. The predicted molar refractivity (Wildman–Crippen MR) is 59.2 cm³/mol. The summed E-state index contributed by atoms with van der Waals surface area (Å²) in [5.74, 6) is 1.13. The average molecular weight is 241 g/mol. The molecule has 0 atom stereocenters. The highest BCUT2D eigenvalue weighted by Crippen LogP contribution is 2.31. The fourth-order valence-corrected chi connectivity index (χ4v) is 1.35. The summed E-state index contributed by atoms with van der Waals surface area (Å²) in [6.07, 6.45) is -0.000671. The molecule has 1 aromatic rings. The van der Waals surface area contributed by atoms with Crippen LogP contribution in [0.25, 0.3) is 0 Å². The molecule has 1 saturated carbocycles. The Morgan fingerprint density at radius 2 is 1.88 bits per heavy atom. The minimum Gasteiger partial charge on any atom is -0.192 e. The zero-order valence-electron chi connectivity index (χ0n) is 9.59. The molecule has 1 aliphatic rings. The van der Waals surface area contributed by atoms with Crippen LogP contribution in [0.15, 0.2) is 24.3 Å². The summed E-state index contributed by atoms with van der Waals surface area (Å²) in [6, 6.07) is 6.16. The molecular formula is C13H14F3N. The summed E-state index contributed by atoms with van der Waals surface area (Å²) >= 11 is 0. The van der Waals surface area contributed by atoms with Gasteiger partial charge in [-0.3, -0.25) is 0 Å². The Hall–Kier alpha value is -1.50. The van der Waals surface area contributed by atoms with Gasteiger partial charge in [-0.1, -0.05) is 38.3 Å². The number of benzene rings is 1. The van der Waals surface area contributed by atoms with Crippen LogP contribution in [-0.4, -0.2) is 0 Å². The van der Waals surface area contributed by atoms with E-state index >= 15 is 0 Å². The molecule has 0 N–H and O–H groups in total. The summed E-state index contributed by atoms with van der Waals surface area (Å²) in [6.45, 7) is 2.26. The molecule has 0 aliphatic heterocycles. The molecule has 0 heterocycles. The van der Waals surface area contributed by atoms with Gasteiger partial charge in [-0.05, 0) is 18.1 Å². The topological polar surface area (TPSA) is 23.8 Å². The minimum absolute atomic E-state index is 0.343. The van der Waals surface area contributed by atoms with E-state index in [2.05, 4.69) is 6.92 Å². The SMILES string of the molecule is CCC1CC1.N#Cc1ccccc1C(F)(F)F. The van der Waals surface area contributed by atoms with Crippen LogP contribution in [0, 0.1) is 17.2 Å². The Morgan fingerprint density at radius 3 is 2.18 bits per heavy atom. The summed E-state index contributed by atoms with van der Waals surface area (Å²) in [4.78, 5) is 0. The van der Waals surface area contributed by atoms with Crippen LogP contribution in [0.4, 0.5) is 13.2 Å². The highest BCUT2D eigenvalue weighted by atomic mass is 19.4. The number of halogens is 3. The quantitative estimate of drug-likeness (QED) is 0.715. The van der Waals surface area contributed by atoms with E-state index in [0.717, 1.165) is 18.1 Å². The molecule has 0 spiro atoms. The van der Waals surface area contributed by atoms with Gasteiger partial charge < -0.3 is 0 Å². The second-order valence-corrected chi connectivity index (χ2v) is 4.01. The number of hydrogen-bond donors (Lipinski definition) is 0. The standard InChI is InChI=1S/C8H4F3N.C5H10/c9-8(10,11)7-4-2-1-3-6(7)5-12;1-2-5-3-4-5/h1-4H;5H,2-4H2,1H3. The highest BCUT2D eigenvalue weighted by molar-refractivity contribution is 5.38. The highest BCUT2D eigenvalue weighted by Gasteiger charge is 2.32. The van der Waals surface area contributed by atoms with Gasteiger partial charge in [-0.2, -0.15) is 18.4 Å². The molecule has 4 heteroatoms. The predicted octanol–water partition coefficient (Wildman–Crippen LogP) is 4.38. The molecule has 1 nitrogen and oxygen atoms in total. The molecule has 0 unspecified atom stereocenters. The first kappa shape index (κ1) is 13.6. The number of nitrogens with zero attached hydrogens (tertiary/aromatic N) is 1. The first-order valence-corrected chi connectivity index (χ1v) is 5.55. The Kier molecular flexibility index (Phi) is 4.56. The molecule has 0 bridgehead atoms. The van der Waals surface area contributed by atoms with Crippen molar-refractivity contribution < 1.29 is 13.2 Å². The molecule has 1 aromatic carbocycles. The van der Waals surface area contributed by atoms with Gasteiger partial charge in [0.2, 0.25) is 0 Å². The van der Waals surface area contributed by atoms with Gasteiger partial charge in [0, 0.05) is 0 Å². The smallest absolute Gasteiger partial charge is 0.192 e. The maximum absolute atomic E-state index is 12.1. The van der Waals surface area contributed by atoms with Crippen molar-refractivity contribution in [2.45, 2.75) is 32.4 Å². The lowest BCUT2D eigenvalue weighted by Gasteiger charge is -2.06. The second kappa shape index (κ2) is 5.72. The maximum atomic E-state index is 12.1. The summed E-state index contributed by atoms with van der Waals surface area (Å²) < 4.78 is 36.3. The van der Waals surface area contributed by atoms with Gasteiger partial charge in [-0.25, -0.2) is 0 Å². The summed E-state index contributed by atoms with van der Waals surface area (Å²) in [5.41, 5.74) is -1.22. The van der Waals surface area contributed by atoms with E-state index in [9.17, 15) is 13.2 Å². The number of nitriles is 1. The van der Waals surface area contributed by atoms with E-state index in [0.29, 0.717) is 0 Å². The molecule has 0 saturated heterocycles. The van der Waals surface area contributed by atoms with Crippen LogP contribution in [-0.2, 0) is 6.18 Å². The lowest BCUT2D eigenvalue weighted by atomic mass is 10.1. The minimum atomic E-state index is -4.44. The van der Waals surface area contributed by atoms with E-state index in [1.807, 2.05) is 0 Å². The van der Waals surface area contributed by atoms with Crippen molar-refractivity contribution in [3.63, 3.8) is 0 Å². The van der Waals surface area contributed by atoms with Crippen molar-refractivity contribution in [2.75, 3.05) is 0 Å². The molecular weight excluding hydrogens is 227 g/mol. The normalized spacial score (nSPS) is 14.5. The number of rotatable bonds is 1. The van der Waals surface area contributed by atoms with Crippen molar-refractivity contribution in [3.8, 4) is 6.07 Å². The zero-order valence-corrected chi connectivity index (χ0v) is 9.59. The van der Waals surface area contributed by atoms with Crippen LogP contribution in [0.3, 0.4) is 0 Å². The molecule has 1 fully saturated rings. The van der Waals surface area contributed by atoms with Crippen molar-refractivity contribution >= 4 is 0 Å². The fraction of sp³-hybridized carbons (Fsp3) is 0.462. The van der Waals surface area contributed by atoms with E-state index in [4.69, 9.17) is 5.26 Å². The van der Waals surface area contributed by atoms with Gasteiger partial charge >= 0.3 is 6.18 Å². The van der Waals surface area contributed by atoms with Crippen molar-refractivity contribution in [3.05, 3.63) is 35.4 Å². The van der Waals surface area contributed by atoms with Gasteiger partial charge in [0.15, 0.2) is 0 Å². The number of hydrogen-bond acceptors (Lipinski definition) is 1. The molecule has 17 heavy (non-hydrogen) atoms. The number of alkyl halides is 3. The van der Waals surface area contributed by atoms with Crippen molar-refractivity contribution in [1.29, 1.82) is 5.26 Å². The molecule has 92 valence electrons. The van der Waals surface area contributed by atoms with Gasteiger partial charge in [0.1, 0.15) is 0 Å². The van der Waals surface area contributed by atoms with Crippen molar-refractivity contribution in [2.24, 2.45) is 5.92 Å². The molecule has 0 radical (unpaired) electrons. The Balaban J connectivity index is 0.000000239. The Morgan fingerprint density at radius 1 is 1.29 bits per heavy atom. The third-order valence-electron chi connectivity index (χ3n) is 2.63. The van der Waals surface area contributed by atoms with Gasteiger partial charge in [-0.15, -0.1) is 0 Å². The Labute approximate surface area is 98.9 Å². The maximum Gasteiger partial charge on any atom is 0.417 e. The largest absolute Gasteiger partial charge is 0.417 e. The average Bonchev–Trinajstić information content (AvgIpc) is 3.12. The molecule has 1 aliphatic carbocycles. The monoisotopic (exact) mass is 241 g/mol. The lowest BCUT2D eigenvalue weighted by Crippen LogP contribution is -2.06. The van der Waals surface area contributed by atoms with Gasteiger partial charge in [0.05, 0.1) is 17.2 Å². The molecule has 0 amide bonds. The second-order valence-electron chi connectivity index (χ2n) is 4.01. The van der Waals surface area contributed by atoms with Crippen LogP contribution >= 0.6 is 0 Å². The van der Waals surface area contributed by atoms with E-state index < -0.39 is 11.7 Å². The van der Waals surface area contributed by atoms with Crippen LogP contribution in [0.2, 0.25) is 0 Å². The third kappa shape index (κ3) is 4.48. The third-order valence-corrected chi connectivity index (χ3v) is 2.63. The van der Waals surface area contributed by atoms with E-state index in [-0.39, 0.29) is 5.56 Å². The van der Waals surface area contributed by atoms with Crippen LogP contribution in [0.5, 0.6) is 0 Å². The van der Waals surface area contributed by atoms with Crippen LogP contribution in [0.1, 0.15) is 37.3 Å². The zero-order chi connectivity index (χ0) is 12.9. The van der Waals surface area contributed by atoms with E-state index in [1.54, 1.807) is 0 Å². The first-order chi connectivity index (χ1) is 7.99. The van der Waals surface area contributed by atoms with Crippen LogP contribution < -0.4 is 0 Å². The lowest BCUT2D eigenvalue weighted by molar-refractivity contribution is -0.137. The first-order valence-electron chi connectivity index (χ1n) is 5.55. The Bertz CT molecular complexity index is 400.